The van der Waals surface area contributed by atoms with Gasteiger partial charge in [0.05, 0.1) is 22.4 Å². The predicted octanol–water partition coefficient (Wildman–Crippen LogP) is 6.47. The molecule has 0 spiro atoms. The topological polar surface area (TPSA) is 67.2 Å². The molecule has 5 rings (SSSR count). The molecule has 1 unspecified atom stereocenters. The smallest absolute Gasteiger partial charge is 0.240 e. The average molecular weight is 551 g/mol. The van der Waals surface area contributed by atoms with Crippen molar-refractivity contribution < 1.29 is 9.59 Å². The molecule has 3 aromatic rings. The molecule has 1 aliphatic carbocycles. The Kier molecular flexibility index (Phi) is 7.74. The van der Waals surface area contributed by atoms with Crippen molar-refractivity contribution in [2.45, 2.75) is 83.4 Å². The highest BCUT2D eigenvalue weighted by Gasteiger charge is 2.40. The van der Waals surface area contributed by atoms with Crippen LogP contribution in [0.4, 0.5) is 5.82 Å². The fourth-order valence-corrected chi connectivity index (χ4v) is 7.60. The summed E-state index contributed by atoms with van der Waals surface area (Å²) in [7, 11) is 0. The number of rotatable bonds is 5. The molecule has 202 valence electrons. The molecule has 1 atom stereocenters. The number of hydrogen-bond donors (Lipinski definition) is 1. The van der Waals surface area contributed by atoms with Crippen LogP contribution in [0.1, 0.15) is 86.1 Å². The summed E-state index contributed by atoms with van der Waals surface area (Å²) in [5.74, 6) is 0.884. The zero-order valence-electron chi connectivity index (χ0n) is 23.0. The van der Waals surface area contributed by atoms with E-state index in [1.807, 2.05) is 4.68 Å². The minimum absolute atomic E-state index is 0.000560. The summed E-state index contributed by atoms with van der Waals surface area (Å²) < 4.78 is 1.93. The van der Waals surface area contributed by atoms with E-state index in [0.717, 1.165) is 54.0 Å². The number of thioether (sulfide) groups is 1. The van der Waals surface area contributed by atoms with Crippen molar-refractivity contribution >= 4 is 40.7 Å². The molecule has 1 aromatic carbocycles. The van der Waals surface area contributed by atoms with E-state index >= 15 is 0 Å². The third-order valence-electron chi connectivity index (χ3n) is 7.50. The van der Waals surface area contributed by atoms with Crippen molar-refractivity contribution in [1.82, 2.24) is 15.1 Å². The van der Waals surface area contributed by atoms with Gasteiger partial charge in [0, 0.05) is 17.0 Å². The Hall–Kier alpha value is -2.58. The molecule has 1 saturated carbocycles. The van der Waals surface area contributed by atoms with Crippen LogP contribution in [0.25, 0.3) is 5.69 Å². The maximum atomic E-state index is 13.8. The van der Waals surface area contributed by atoms with E-state index in [-0.39, 0.29) is 35.1 Å². The van der Waals surface area contributed by atoms with Crippen molar-refractivity contribution in [3.05, 3.63) is 63.0 Å². The van der Waals surface area contributed by atoms with Gasteiger partial charge in [-0.25, -0.2) is 4.68 Å². The predicted molar refractivity (Wildman–Crippen MR) is 158 cm³/mol. The van der Waals surface area contributed by atoms with Crippen LogP contribution in [0.2, 0.25) is 0 Å². The van der Waals surface area contributed by atoms with E-state index in [1.54, 1.807) is 28.0 Å². The second-order valence-corrected chi connectivity index (χ2v) is 13.5. The molecular weight excluding hydrogens is 512 g/mol. The Bertz CT molecular complexity index is 1320. The number of carbonyl (C=O) groups excluding carboxylic acids is 2. The number of aromatic nitrogens is 2. The van der Waals surface area contributed by atoms with Crippen molar-refractivity contribution in [1.29, 1.82) is 0 Å². The lowest BCUT2D eigenvalue weighted by molar-refractivity contribution is -0.123. The van der Waals surface area contributed by atoms with Crippen LogP contribution in [-0.2, 0) is 15.0 Å². The number of nitrogens with one attached hydrogen (secondary N) is 1. The van der Waals surface area contributed by atoms with Gasteiger partial charge < -0.3 is 5.32 Å². The average Bonchev–Trinajstić information content (AvgIpc) is 3.50. The summed E-state index contributed by atoms with van der Waals surface area (Å²) in [4.78, 5) is 28.9. The fourth-order valence-electron chi connectivity index (χ4n) is 5.64. The normalized spacial score (nSPS) is 18.8. The maximum absolute atomic E-state index is 13.8. The van der Waals surface area contributed by atoms with E-state index in [2.05, 4.69) is 75.0 Å². The van der Waals surface area contributed by atoms with Crippen molar-refractivity contribution in [2.75, 3.05) is 17.2 Å². The van der Waals surface area contributed by atoms with Gasteiger partial charge >= 0.3 is 0 Å². The standard InChI is InChI=1S/C30H38N4O2S2/c1-19-11-12-23(20(2)15-19)34-29-26(28(32-34)30(3,4)5)27(21-13-14-37-17-21)38-18-25(36)33(29)16-24(35)31-22-9-7-6-8-10-22/h11-15,17,22,27H,6-10,16,18H2,1-5H3,(H,31,35). The van der Waals surface area contributed by atoms with Gasteiger partial charge in [-0.2, -0.15) is 16.4 Å². The van der Waals surface area contributed by atoms with Gasteiger partial charge in [-0.05, 0) is 60.7 Å². The molecule has 8 heteroatoms. The Morgan fingerprint density at radius 3 is 2.55 bits per heavy atom. The van der Waals surface area contributed by atoms with Gasteiger partial charge in [0.25, 0.3) is 0 Å². The van der Waals surface area contributed by atoms with E-state index in [1.165, 1.54) is 17.5 Å². The van der Waals surface area contributed by atoms with Crippen molar-refractivity contribution in [2.24, 2.45) is 0 Å². The highest BCUT2D eigenvalue weighted by molar-refractivity contribution is 8.00. The molecular formula is C30H38N4O2S2. The van der Waals surface area contributed by atoms with Gasteiger partial charge in [0.2, 0.25) is 11.8 Å². The number of thiophene rings is 1. The Labute approximate surface area is 234 Å². The minimum Gasteiger partial charge on any atom is -0.352 e. The van der Waals surface area contributed by atoms with Crippen LogP contribution in [0.5, 0.6) is 0 Å². The Morgan fingerprint density at radius 1 is 1.13 bits per heavy atom. The van der Waals surface area contributed by atoms with Crippen molar-refractivity contribution in [3.63, 3.8) is 0 Å². The second-order valence-electron chi connectivity index (χ2n) is 11.7. The Morgan fingerprint density at radius 2 is 1.89 bits per heavy atom. The molecule has 0 bridgehead atoms. The van der Waals surface area contributed by atoms with E-state index in [4.69, 9.17) is 5.10 Å². The largest absolute Gasteiger partial charge is 0.352 e. The summed E-state index contributed by atoms with van der Waals surface area (Å²) in [6, 6.07) is 8.64. The number of hydrogen-bond acceptors (Lipinski definition) is 5. The highest BCUT2D eigenvalue weighted by atomic mass is 32.2. The molecule has 2 amide bonds. The summed E-state index contributed by atoms with van der Waals surface area (Å²) in [5, 5.41) is 12.6. The van der Waals surface area contributed by atoms with Gasteiger partial charge in [-0.1, -0.05) is 57.7 Å². The van der Waals surface area contributed by atoms with Crippen LogP contribution in [-0.4, -0.2) is 39.9 Å². The van der Waals surface area contributed by atoms with Gasteiger partial charge in [0.15, 0.2) is 0 Å². The van der Waals surface area contributed by atoms with E-state index < -0.39 is 0 Å². The number of nitrogens with zero attached hydrogens (tertiary/aromatic N) is 3. The molecule has 0 saturated heterocycles. The lowest BCUT2D eigenvalue weighted by atomic mass is 9.87. The van der Waals surface area contributed by atoms with Gasteiger partial charge in [-0.3, -0.25) is 14.5 Å². The van der Waals surface area contributed by atoms with Gasteiger partial charge in [-0.15, -0.1) is 11.8 Å². The van der Waals surface area contributed by atoms with Crippen LogP contribution < -0.4 is 10.2 Å². The van der Waals surface area contributed by atoms with Crippen LogP contribution >= 0.6 is 23.1 Å². The van der Waals surface area contributed by atoms with E-state index in [9.17, 15) is 9.59 Å². The molecule has 6 nitrogen and oxygen atoms in total. The first kappa shape index (κ1) is 27.0. The molecule has 0 radical (unpaired) electrons. The fraction of sp³-hybridized carbons (Fsp3) is 0.500. The van der Waals surface area contributed by atoms with Crippen LogP contribution in [0.15, 0.2) is 35.0 Å². The lowest BCUT2D eigenvalue weighted by Crippen LogP contribution is -2.46. The molecule has 1 aliphatic heterocycles. The SMILES string of the molecule is Cc1ccc(-n2nc(C(C)(C)C)c3c2N(CC(=O)NC2CCCCC2)C(=O)CSC3c2ccsc2)c(C)c1. The number of aryl methyl sites for hydroxylation is 2. The lowest BCUT2D eigenvalue weighted by Gasteiger charge is -2.27. The molecule has 1 fully saturated rings. The quantitative estimate of drug-likeness (QED) is 0.396. The molecule has 2 aliphatic rings. The first-order valence-corrected chi connectivity index (χ1v) is 15.6. The summed E-state index contributed by atoms with van der Waals surface area (Å²) in [6.07, 6.45) is 5.54. The van der Waals surface area contributed by atoms with E-state index in [0.29, 0.717) is 5.75 Å². The Balaban J connectivity index is 1.68. The molecule has 3 heterocycles. The third kappa shape index (κ3) is 5.43. The first-order chi connectivity index (χ1) is 18.1. The third-order valence-corrected chi connectivity index (χ3v) is 9.45. The first-order valence-electron chi connectivity index (χ1n) is 13.6. The number of carbonyl (C=O) groups is 2. The zero-order valence-corrected chi connectivity index (χ0v) is 24.7. The number of fused-ring (bicyclic) bond motifs is 1. The molecule has 38 heavy (non-hydrogen) atoms. The minimum atomic E-state index is -0.258. The second kappa shape index (κ2) is 10.9. The number of benzene rings is 1. The van der Waals surface area contributed by atoms with Crippen LogP contribution in [0, 0.1) is 13.8 Å². The maximum Gasteiger partial charge on any atom is 0.240 e. The highest BCUT2D eigenvalue weighted by Crippen LogP contribution is 2.49. The monoisotopic (exact) mass is 550 g/mol. The number of anilines is 1. The summed E-state index contributed by atoms with van der Waals surface area (Å²) >= 11 is 3.30. The zero-order chi connectivity index (χ0) is 27.0. The number of amides is 2. The van der Waals surface area contributed by atoms with Gasteiger partial charge in [0.1, 0.15) is 12.4 Å². The van der Waals surface area contributed by atoms with Crippen LogP contribution in [0.3, 0.4) is 0 Å². The summed E-state index contributed by atoms with van der Waals surface area (Å²) in [5.41, 5.74) is 6.11. The van der Waals surface area contributed by atoms with Crippen molar-refractivity contribution in [3.8, 4) is 5.69 Å². The summed E-state index contributed by atoms with van der Waals surface area (Å²) in [6.45, 7) is 10.7. The molecule has 1 N–H and O–H groups in total. The molecule has 2 aromatic heterocycles.